The second-order valence-electron chi connectivity index (χ2n) is 8.73. The molecule has 0 aliphatic carbocycles. The summed E-state index contributed by atoms with van der Waals surface area (Å²) in [5.41, 5.74) is 2.83. The van der Waals surface area contributed by atoms with Crippen LogP contribution in [-0.2, 0) is 11.0 Å². The van der Waals surface area contributed by atoms with Crippen LogP contribution in [0.25, 0.3) is 16.5 Å². The molecule has 1 fully saturated rings. The molecule has 0 radical (unpaired) electrons. The highest BCUT2D eigenvalue weighted by Gasteiger charge is 2.31. The first kappa shape index (κ1) is 22.5. The zero-order valence-corrected chi connectivity index (χ0v) is 18.7. The monoisotopic (exact) mass is 469 g/mol. The number of amides is 1. The number of carbonyl (C=O) groups excluding carboxylic acids is 1. The van der Waals surface area contributed by atoms with Crippen molar-refractivity contribution in [3.05, 3.63) is 66.0 Å². The second kappa shape index (κ2) is 9.13. The number of rotatable bonds is 4. The number of piperazine rings is 1. The van der Waals surface area contributed by atoms with Gasteiger partial charge in [0.15, 0.2) is 0 Å². The summed E-state index contributed by atoms with van der Waals surface area (Å²) in [5, 5.41) is 1.20. The van der Waals surface area contributed by atoms with Crippen LogP contribution in [0.4, 0.5) is 19.0 Å². The lowest BCUT2D eigenvalue weighted by Crippen LogP contribution is -2.50. The molecule has 2 aliphatic rings. The highest BCUT2D eigenvalue weighted by molar-refractivity contribution is 5.93. The molecule has 2 aliphatic heterocycles. The summed E-state index contributed by atoms with van der Waals surface area (Å²) in [6, 6.07) is 10.7. The Labute approximate surface area is 195 Å². The third-order valence-electron chi connectivity index (χ3n) is 6.63. The Morgan fingerprint density at radius 2 is 1.82 bits per heavy atom. The van der Waals surface area contributed by atoms with Gasteiger partial charge in [0, 0.05) is 68.1 Å². The summed E-state index contributed by atoms with van der Waals surface area (Å²) in [6.45, 7) is 4.22. The molecule has 0 spiro atoms. The number of nitrogens with one attached hydrogen (secondary N) is 1. The van der Waals surface area contributed by atoms with Crippen molar-refractivity contribution in [3.8, 4) is 0 Å². The number of fused-ring (bicyclic) bond motifs is 1. The Hall–Kier alpha value is -3.33. The van der Waals surface area contributed by atoms with E-state index in [-0.39, 0.29) is 5.91 Å². The molecule has 1 N–H and O–H groups in total. The molecule has 178 valence electrons. The lowest BCUT2D eigenvalue weighted by molar-refractivity contribution is -0.137. The second-order valence-corrected chi connectivity index (χ2v) is 8.73. The standard InChI is InChI=1S/C25H26F3N5O/c26-25(27,28)19-5-6-23(30-15-19)32-13-11-31(12-14-32)17-24(34)33-9-7-18(8-10-33)21-16-29-22-4-2-1-3-20(21)22/h1-7,15-16,29H,8-14,17H2. The highest BCUT2D eigenvalue weighted by Crippen LogP contribution is 2.30. The average molecular weight is 470 g/mol. The molecule has 1 saturated heterocycles. The van der Waals surface area contributed by atoms with Crippen molar-refractivity contribution < 1.29 is 18.0 Å². The summed E-state index contributed by atoms with van der Waals surface area (Å²) in [4.78, 5) is 26.1. The van der Waals surface area contributed by atoms with E-state index in [1.807, 2.05) is 28.1 Å². The molecule has 6 nitrogen and oxygen atoms in total. The van der Waals surface area contributed by atoms with Gasteiger partial charge >= 0.3 is 6.18 Å². The zero-order chi connectivity index (χ0) is 23.7. The van der Waals surface area contributed by atoms with Crippen LogP contribution in [-0.4, -0.2) is 71.5 Å². The van der Waals surface area contributed by atoms with Crippen molar-refractivity contribution in [2.75, 3.05) is 50.7 Å². The fourth-order valence-electron chi connectivity index (χ4n) is 4.64. The number of benzene rings is 1. The number of pyridine rings is 1. The summed E-state index contributed by atoms with van der Waals surface area (Å²) < 4.78 is 38.2. The Morgan fingerprint density at radius 1 is 1.03 bits per heavy atom. The van der Waals surface area contributed by atoms with Gasteiger partial charge in [0.2, 0.25) is 5.91 Å². The quantitative estimate of drug-likeness (QED) is 0.627. The van der Waals surface area contributed by atoms with Crippen LogP contribution in [0.3, 0.4) is 0 Å². The minimum Gasteiger partial charge on any atom is -0.361 e. The van der Waals surface area contributed by atoms with Crippen molar-refractivity contribution in [1.29, 1.82) is 0 Å². The van der Waals surface area contributed by atoms with Gasteiger partial charge in [-0.25, -0.2) is 4.98 Å². The third-order valence-corrected chi connectivity index (χ3v) is 6.63. The molecule has 0 unspecified atom stereocenters. The number of aromatic amines is 1. The van der Waals surface area contributed by atoms with E-state index in [9.17, 15) is 18.0 Å². The van der Waals surface area contributed by atoms with Gasteiger partial charge in [0.25, 0.3) is 0 Å². The van der Waals surface area contributed by atoms with Crippen molar-refractivity contribution in [1.82, 2.24) is 19.8 Å². The van der Waals surface area contributed by atoms with Crippen molar-refractivity contribution >= 4 is 28.2 Å². The smallest absolute Gasteiger partial charge is 0.361 e. The topological polar surface area (TPSA) is 55.5 Å². The van der Waals surface area contributed by atoms with Gasteiger partial charge < -0.3 is 14.8 Å². The maximum Gasteiger partial charge on any atom is 0.417 e. The summed E-state index contributed by atoms with van der Waals surface area (Å²) >= 11 is 0. The number of nitrogens with zero attached hydrogens (tertiary/aromatic N) is 4. The van der Waals surface area contributed by atoms with Crippen molar-refractivity contribution in [3.63, 3.8) is 0 Å². The highest BCUT2D eigenvalue weighted by atomic mass is 19.4. The lowest BCUT2D eigenvalue weighted by atomic mass is 9.99. The van der Waals surface area contributed by atoms with Crippen LogP contribution in [0.15, 0.2) is 54.9 Å². The number of carbonyl (C=O) groups is 1. The number of aromatic nitrogens is 2. The van der Waals surface area contributed by atoms with E-state index in [0.717, 1.165) is 24.2 Å². The van der Waals surface area contributed by atoms with Crippen molar-refractivity contribution in [2.24, 2.45) is 0 Å². The van der Waals surface area contributed by atoms with Gasteiger partial charge in [-0.2, -0.15) is 13.2 Å². The van der Waals surface area contributed by atoms with Crippen LogP contribution in [0, 0.1) is 0 Å². The van der Waals surface area contributed by atoms with Gasteiger partial charge in [0.05, 0.1) is 12.1 Å². The molecule has 34 heavy (non-hydrogen) atoms. The molecule has 0 atom stereocenters. The number of hydrogen-bond donors (Lipinski definition) is 1. The van der Waals surface area contributed by atoms with E-state index in [2.05, 4.69) is 33.1 Å². The minimum absolute atomic E-state index is 0.107. The van der Waals surface area contributed by atoms with Crippen LogP contribution >= 0.6 is 0 Å². The first-order valence-corrected chi connectivity index (χ1v) is 11.4. The molecule has 0 saturated carbocycles. The number of halogens is 3. The zero-order valence-electron chi connectivity index (χ0n) is 18.7. The molecule has 1 aromatic carbocycles. The Kier molecular flexibility index (Phi) is 6.03. The van der Waals surface area contributed by atoms with E-state index in [0.29, 0.717) is 51.6 Å². The predicted molar refractivity (Wildman–Crippen MR) is 125 cm³/mol. The first-order valence-electron chi connectivity index (χ1n) is 11.4. The summed E-state index contributed by atoms with van der Waals surface area (Å²) in [6.07, 6.45) is 1.50. The summed E-state index contributed by atoms with van der Waals surface area (Å²) in [7, 11) is 0. The molecule has 5 rings (SSSR count). The Balaban J connectivity index is 1.13. The van der Waals surface area contributed by atoms with Crippen LogP contribution in [0.2, 0.25) is 0 Å². The molecule has 2 aromatic heterocycles. The Morgan fingerprint density at radius 3 is 2.50 bits per heavy atom. The largest absolute Gasteiger partial charge is 0.417 e. The number of anilines is 1. The van der Waals surface area contributed by atoms with Gasteiger partial charge in [-0.15, -0.1) is 0 Å². The molecular formula is C25H26F3N5O. The average Bonchev–Trinajstić information content (AvgIpc) is 3.28. The molecule has 4 heterocycles. The van der Waals surface area contributed by atoms with E-state index < -0.39 is 11.7 Å². The van der Waals surface area contributed by atoms with Gasteiger partial charge in [-0.05, 0) is 30.2 Å². The van der Waals surface area contributed by atoms with E-state index >= 15 is 0 Å². The normalized spacial score (nSPS) is 17.8. The maximum absolute atomic E-state index is 12.9. The van der Waals surface area contributed by atoms with Gasteiger partial charge in [-0.3, -0.25) is 9.69 Å². The summed E-state index contributed by atoms with van der Waals surface area (Å²) in [5.74, 6) is 0.639. The van der Waals surface area contributed by atoms with Crippen LogP contribution in [0.1, 0.15) is 17.5 Å². The SMILES string of the molecule is O=C(CN1CCN(c2ccc(C(F)(F)F)cn2)CC1)N1CC=C(c2c[nH]c3ccccc23)CC1. The number of alkyl halides is 3. The first-order chi connectivity index (χ1) is 16.4. The molecule has 3 aromatic rings. The van der Waals surface area contributed by atoms with Crippen LogP contribution in [0.5, 0.6) is 0 Å². The minimum atomic E-state index is -4.38. The van der Waals surface area contributed by atoms with Crippen molar-refractivity contribution in [2.45, 2.75) is 12.6 Å². The van der Waals surface area contributed by atoms with E-state index in [1.165, 1.54) is 22.6 Å². The van der Waals surface area contributed by atoms with Gasteiger partial charge in [-0.1, -0.05) is 24.3 Å². The van der Waals surface area contributed by atoms with Crippen LogP contribution < -0.4 is 4.90 Å². The predicted octanol–water partition coefficient (Wildman–Crippen LogP) is 4.02. The molecule has 1 amide bonds. The Bertz CT molecular complexity index is 1190. The number of H-pyrrole nitrogens is 1. The van der Waals surface area contributed by atoms with Gasteiger partial charge in [0.1, 0.15) is 5.82 Å². The molecule has 9 heteroatoms. The molecular weight excluding hydrogens is 443 g/mol. The molecule has 0 bridgehead atoms. The third kappa shape index (κ3) is 4.65. The van der Waals surface area contributed by atoms with E-state index in [1.54, 1.807) is 0 Å². The fourth-order valence-corrected chi connectivity index (χ4v) is 4.64. The van der Waals surface area contributed by atoms with E-state index in [4.69, 9.17) is 0 Å². The fraction of sp³-hybridized carbons (Fsp3) is 0.360. The lowest BCUT2D eigenvalue weighted by Gasteiger charge is -2.36. The maximum atomic E-state index is 12.9. The number of hydrogen-bond acceptors (Lipinski definition) is 4. The number of para-hydroxylation sites is 1.